The molecular weight excluding hydrogens is 368 g/mol. The van der Waals surface area contributed by atoms with Gasteiger partial charge < -0.3 is 20.7 Å². The number of ether oxygens (including phenoxy) is 1. The van der Waals surface area contributed by atoms with Crippen LogP contribution in [0.2, 0.25) is 5.02 Å². The number of hydrogen-bond acceptors (Lipinski definition) is 5. The van der Waals surface area contributed by atoms with Crippen LogP contribution < -0.4 is 5.73 Å². The van der Waals surface area contributed by atoms with Gasteiger partial charge in [0.1, 0.15) is 18.3 Å². The highest BCUT2D eigenvalue weighted by molar-refractivity contribution is 6.31. The number of aliphatic imine (C=N–C) groups is 1. The second-order valence-corrected chi connectivity index (χ2v) is 8.25. The zero-order valence-electron chi connectivity index (χ0n) is 15.3. The number of nitrogens with zero attached hydrogens (tertiary/aromatic N) is 1. The molecular formula is C20H25ClN2O4. The van der Waals surface area contributed by atoms with Crippen LogP contribution in [-0.4, -0.2) is 46.2 Å². The molecule has 0 spiro atoms. The van der Waals surface area contributed by atoms with E-state index < -0.39 is 41.7 Å². The summed E-state index contributed by atoms with van der Waals surface area (Å²) < 4.78 is 6.18. The van der Waals surface area contributed by atoms with Crippen LogP contribution in [0.4, 0.5) is 5.69 Å². The number of nitrogens with two attached hydrogens (primary N) is 1. The number of halogens is 1. The third-order valence-electron chi connectivity index (χ3n) is 6.38. The lowest BCUT2D eigenvalue weighted by atomic mass is 9.66. The maximum absolute atomic E-state index is 12.3. The summed E-state index contributed by atoms with van der Waals surface area (Å²) in [6.45, 7) is 1.91. The van der Waals surface area contributed by atoms with Gasteiger partial charge in [-0.25, -0.2) is 0 Å². The van der Waals surface area contributed by atoms with Crippen molar-refractivity contribution in [3.8, 4) is 0 Å². The Morgan fingerprint density at radius 1 is 1.37 bits per heavy atom. The van der Waals surface area contributed by atoms with Crippen molar-refractivity contribution in [2.45, 2.75) is 68.9 Å². The van der Waals surface area contributed by atoms with Crippen LogP contribution in [0.3, 0.4) is 0 Å². The Morgan fingerprint density at radius 3 is 2.81 bits per heavy atom. The highest BCUT2D eigenvalue weighted by atomic mass is 35.5. The van der Waals surface area contributed by atoms with Crippen molar-refractivity contribution in [3.05, 3.63) is 28.8 Å². The van der Waals surface area contributed by atoms with Crippen molar-refractivity contribution in [2.24, 2.45) is 16.6 Å². The summed E-state index contributed by atoms with van der Waals surface area (Å²) in [4.78, 5) is 17.0. The molecule has 4 N–H and O–H groups in total. The van der Waals surface area contributed by atoms with Gasteiger partial charge in [-0.05, 0) is 43.0 Å². The smallest absolute Gasteiger partial charge is 0.226 e. The van der Waals surface area contributed by atoms with E-state index in [9.17, 15) is 15.0 Å². The average molecular weight is 393 g/mol. The predicted octanol–water partition coefficient (Wildman–Crippen LogP) is 2.24. The molecule has 6 atom stereocenters. The Bertz CT molecular complexity index is 798. The van der Waals surface area contributed by atoms with Crippen LogP contribution in [-0.2, 0) is 14.9 Å². The number of amides is 1. The second-order valence-electron chi connectivity index (χ2n) is 7.82. The molecule has 1 saturated heterocycles. The van der Waals surface area contributed by atoms with Crippen molar-refractivity contribution in [3.63, 3.8) is 0 Å². The summed E-state index contributed by atoms with van der Waals surface area (Å²) >= 11 is 6.29. The number of aliphatic hydroxyl groups is 2. The van der Waals surface area contributed by atoms with Gasteiger partial charge in [-0.3, -0.25) is 9.79 Å². The lowest BCUT2D eigenvalue weighted by Gasteiger charge is -2.39. The summed E-state index contributed by atoms with van der Waals surface area (Å²) in [6.07, 6.45) is 0.342. The van der Waals surface area contributed by atoms with Crippen LogP contribution in [0.5, 0.6) is 0 Å². The molecule has 1 aromatic carbocycles. The van der Waals surface area contributed by atoms with E-state index in [1.807, 2.05) is 19.1 Å². The van der Waals surface area contributed by atoms with Crippen molar-refractivity contribution < 1.29 is 19.7 Å². The first-order valence-electron chi connectivity index (χ1n) is 9.60. The summed E-state index contributed by atoms with van der Waals surface area (Å²) in [5.74, 6) is -0.939. The number of aliphatic hydroxyl groups excluding tert-OH is 2. The summed E-state index contributed by atoms with van der Waals surface area (Å²) in [7, 11) is 0. The van der Waals surface area contributed by atoms with Gasteiger partial charge >= 0.3 is 0 Å². The Morgan fingerprint density at radius 2 is 2.15 bits per heavy atom. The first-order valence-corrected chi connectivity index (χ1v) is 9.98. The molecule has 4 rings (SSSR count). The number of primary amides is 1. The lowest BCUT2D eigenvalue weighted by Crippen LogP contribution is -2.53. The van der Waals surface area contributed by atoms with E-state index >= 15 is 0 Å². The van der Waals surface area contributed by atoms with Gasteiger partial charge in [0.15, 0.2) is 0 Å². The van der Waals surface area contributed by atoms with E-state index in [0.29, 0.717) is 30.0 Å². The summed E-state index contributed by atoms with van der Waals surface area (Å²) in [5.41, 5.74) is 7.16. The summed E-state index contributed by atoms with van der Waals surface area (Å²) in [6, 6.07) is 5.44. The zero-order valence-corrected chi connectivity index (χ0v) is 16.0. The minimum absolute atomic E-state index is 0.418. The number of carbonyl (C=O) groups is 1. The number of carbonyl (C=O) groups excluding carboxylic acids is 1. The number of fused-ring (bicyclic) bond motifs is 3. The normalized spacial score (nSPS) is 38.1. The third-order valence-corrected chi connectivity index (χ3v) is 6.61. The molecule has 0 bridgehead atoms. The van der Waals surface area contributed by atoms with E-state index in [4.69, 9.17) is 27.1 Å². The second kappa shape index (κ2) is 6.85. The zero-order chi connectivity index (χ0) is 19.3. The minimum atomic E-state index is -1.07. The van der Waals surface area contributed by atoms with Crippen molar-refractivity contribution in [2.75, 3.05) is 0 Å². The van der Waals surface area contributed by atoms with E-state index in [0.717, 1.165) is 24.1 Å². The first-order chi connectivity index (χ1) is 12.9. The molecule has 6 unspecified atom stereocenters. The van der Waals surface area contributed by atoms with Gasteiger partial charge in [0.05, 0.1) is 23.1 Å². The maximum Gasteiger partial charge on any atom is 0.226 e. The van der Waals surface area contributed by atoms with Crippen LogP contribution in [0.1, 0.15) is 44.6 Å². The fraction of sp³-hybridized carbons (Fsp3) is 0.600. The lowest BCUT2D eigenvalue weighted by molar-refractivity contribution is -0.120. The van der Waals surface area contributed by atoms with Crippen LogP contribution >= 0.6 is 11.6 Å². The van der Waals surface area contributed by atoms with E-state index in [1.165, 1.54) is 0 Å². The first kappa shape index (κ1) is 18.9. The SMILES string of the molecule is CCC1OC(C23CCCCC(C(N)=O)C2=Nc2ccc(Cl)cc23)C(O)C1O. The van der Waals surface area contributed by atoms with Crippen molar-refractivity contribution in [1.82, 2.24) is 0 Å². The van der Waals surface area contributed by atoms with Gasteiger partial charge in [-0.2, -0.15) is 0 Å². The van der Waals surface area contributed by atoms with Crippen LogP contribution in [0.15, 0.2) is 23.2 Å². The molecule has 1 aliphatic carbocycles. The Kier molecular flexibility index (Phi) is 4.79. The molecule has 6 nitrogen and oxygen atoms in total. The van der Waals surface area contributed by atoms with E-state index in [2.05, 4.69) is 0 Å². The highest BCUT2D eigenvalue weighted by Crippen LogP contribution is 2.53. The number of benzene rings is 1. The molecule has 7 heteroatoms. The predicted molar refractivity (Wildman–Crippen MR) is 102 cm³/mol. The highest BCUT2D eigenvalue weighted by Gasteiger charge is 2.60. The maximum atomic E-state index is 12.3. The van der Waals surface area contributed by atoms with Gasteiger partial charge in [-0.1, -0.05) is 31.4 Å². The van der Waals surface area contributed by atoms with Crippen molar-refractivity contribution >= 4 is 28.9 Å². The molecule has 2 fully saturated rings. The van der Waals surface area contributed by atoms with E-state index in [-0.39, 0.29) is 0 Å². The van der Waals surface area contributed by atoms with E-state index in [1.54, 1.807) is 6.07 Å². The topological polar surface area (TPSA) is 105 Å². The van der Waals surface area contributed by atoms with Crippen molar-refractivity contribution in [1.29, 1.82) is 0 Å². The molecule has 1 amide bonds. The average Bonchev–Trinajstić information content (AvgIpc) is 3.02. The molecule has 2 heterocycles. The summed E-state index contributed by atoms with van der Waals surface area (Å²) in [5, 5.41) is 21.9. The largest absolute Gasteiger partial charge is 0.388 e. The molecule has 0 aromatic heterocycles. The van der Waals surface area contributed by atoms with Crippen LogP contribution in [0.25, 0.3) is 0 Å². The molecule has 146 valence electrons. The molecule has 1 saturated carbocycles. The monoisotopic (exact) mass is 392 g/mol. The molecule has 2 aliphatic heterocycles. The molecule has 1 aromatic rings. The van der Waals surface area contributed by atoms with Gasteiger partial charge in [0.25, 0.3) is 0 Å². The van der Waals surface area contributed by atoms with Gasteiger partial charge in [0.2, 0.25) is 5.91 Å². The Labute approximate surface area is 163 Å². The van der Waals surface area contributed by atoms with Gasteiger partial charge in [0, 0.05) is 10.7 Å². The van der Waals surface area contributed by atoms with Crippen LogP contribution in [0, 0.1) is 5.92 Å². The van der Waals surface area contributed by atoms with Gasteiger partial charge in [-0.15, -0.1) is 0 Å². The minimum Gasteiger partial charge on any atom is -0.388 e. The quantitative estimate of drug-likeness (QED) is 0.733. The molecule has 27 heavy (non-hydrogen) atoms. The number of rotatable bonds is 3. The standard InChI is InChI=1S/C20H25ClN2O4/c1-2-14-15(24)16(25)18(27-14)20-8-4-3-5-11(19(22)26)17(20)23-13-7-6-10(21)9-12(13)20/h6-7,9,11,14-16,18,24-25H,2-5,8H2,1H3,(H2,22,26). The molecule has 0 radical (unpaired) electrons. The fourth-order valence-corrected chi connectivity index (χ4v) is 5.26. The third kappa shape index (κ3) is 2.73. The Hall–Kier alpha value is -1.47. The molecule has 3 aliphatic rings. The Balaban J connectivity index is 1.91. The fourth-order valence-electron chi connectivity index (χ4n) is 5.08. The number of hydrogen-bond donors (Lipinski definition) is 3.